The molecular weight excluding hydrogens is 262 g/mol. The Bertz CT molecular complexity index is 373. The minimum atomic E-state index is -0.0744. The van der Waals surface area contributed by atoms with Crippen molar-refractivity contribution in [1.29, 1.82) is 0 Å². The number of piperidine rings is 1. The second-order valence-electron chi connectivity index (χ2n) is 7.38. The van der Waals surface area contributed by atoms with Crippen LogP contribution in [0, 0.1) is 5.41 Å². The summed E-state index contributed by atoms with van der Waals surface area (Å²) in [5.41, 5.74) is -0.0744. The quantitative estimate of drug-likeness (QED) is 0.862. The van der Waals surface area contributed by atoms with E-state index < -0.39 is 0 Å². The third-order valence-electron chi connectivity index (χ3n) is 5.94. The Balaban J connectivity index is 1.75. The SMILES string of the molecule is CCCC1(C(=O)N2CC3CCCN3CC2C)CCNCC1. The van der Waals surface area contributed by atoms with Crippen LogP contribution < -0.4 is 5.32 Å². The molecule has 0 aromatic heterocycles. The molecule has 3 rings (SSSR count). The Hall–Kier alpha value is -0.610. The summed E-state index contributed by atoms with van der Waals surface area (Å²) in [7, 11) is 0. The van der Waals surface area contributed by atoms with Gasteiger partial charge < -0.3 is 10.2 Å². The second kappa shape index (κ2) is 6.25. The highest BCUT2D eigenvalue weighted by Crippen LogP contribution is 2.38. The fourth-order valence-corrected chi connectivity index (χ4v) is 4.73. The molecule has 0 saturated carbocycles. The van der Waals surface area contributed by atoms with Crippen LogP contribution in [0.2, 0.25) is 0 Å². The Morgan fingerprint density at radius 3 is 2.76 bits per heavy atom. The lowest BCUT2D eigenvalue weighted by Gasteiger charge is -2.47. The Morgan fingerprint density at radius 1 is 1.29 bits per heavy atom. The van der Waals surface area contributed by atoms with Gasteiger partial charge in [0, 0.05) is 25.2 Å². The fraction of sp³-hybridized carbons (Fsp3) is 0.941. The molecule has 3 aliphatic heterocycles. The Morgan fingerprint density at radius 2 is 2.05 bits per heavy atom. The van der Waals surface area contributed by atoms with Gasteiger partial charge in [0.15, 0.2) is 0 Å². The van der Waals surface area contributed by atoms with Gasteiger partial charge in [0.1, 0.15) is 0 Å². The van der Waals surface area contributed by atoms with Crippen molar-refractivity contribution in [3.63, 3.8) is 0 Å². The van der Waals surface area contributed by atoms with Crippen molar-refractivity contribution in [3.8, 4) is 0 Å². The van der Waals surface area contributed by atoms with E-state index in [0.29, 0.717) is 18.0 Å². The highest BCUT2D eigenvalue weighted by molar-refractivity contribution is 5.83. The average molecular weight is 293 g/mol. The predicted molar refractivity (Wildman–Crippen MR) is 85.2 cm³/mol. The van der Waals surface area contributed by atoms with E-state index in [-0.39, 0.29) is 5.41 Å². The summed E-state index contributed by atoms with van der Waals surface area (Å²) in [5.74, 6) is 0.463. The van der Waals surface area contributed by atoms with Crippen LogP contribution in [0.15, 0.2) is 0 Å². The number of hydrogen-bond acceptors (Lipinski definition) is 3. The molecule has 4 nitrogen and oxygen atoms in total. The molecule has 3 aliphatic rings. The van der Waals surface area contributed by atoms with E-state index in [2.05, 4.69) is 29.0 Å². The molecule has 120 valence electrons. The first-order valence-electron chi connectivity index (χ1n) is 8.92. The smallest absolute Gasteiger partial charge is 0.229 e. The van der Waals surface area contributed by atoms with Gasteiger partial charge in [0.2, 0.25) is 5.91 Å². The van der Waals surface area contributed by atoms with E-state index in [9.17, 15) is 4.79 Å². The molecule has 4 heteroatoms. The maximum Gasteiger partial charge on any atom is 0.229 e. The molecule has 21 heavy (non-hydrogen) atoms. The van der Waals surface area contributed by atoms with Crippen LogP contribution in [-0.4, -0.2) is 60.5 Å². The number of carbonyl (C=O) groups is 1. The number of nitrogens with one attached hydrogen (secondary N) is 1. The van der Waals surface area contributed by atoms with Gasteiger partial charge in [-0.15, -0.1) is 0 Å². The molecule has 2 atom stereocenters. The molecule has 0 aliphatic carbocycles. The predicted octanol–water partition coefficient (Wildman–Crippen LogP) is 1.85. The van der Waals surface area contributed by atoms with Gasteiger partial charge in [-0.25, -0.2) is 0 Å². The number of amides is 1. The van der Waals surface area contributed by atoms with Gasteiger partial charge in [-0.2, -0.15) is 0 Å². The third kappa shape index (κ3) is 2.85. The van der Waals surface area contributed by atoms with E-state index in [0.717, 1.165) is 51.9 Å². The van der Waals surface area contributed by atoms with Crippen LogP contribution >= 0.6 is 0 Å². The average Bonchev–Trinajstić information content (AvgIpc) is 2.94. The first-order valence-corrected chi connectivity index (χ1v) is 8.92. The minimum Gasteiger partial charge on any atom is -0.337 e. The molecule has 2 unspecified atom stereocenters. The van der Waals surface area contributed by atoms with Gasteiger partial charge in [-0.3, -0.25) is 9.69 Å². The lowest BCUT2D eigenvalue weighted by atomic mass is 9.73. The van der Waals surface area contributed by atoms with Gasteiger partial charge in [0.25, 0.3) is 0 Å². The van der Waals surface area contributed by atoms with Crippen molar-refractivity contribution < 1.29 is 4.79 Å². The molecule has 3 saturated heterocycles. The first-order chi connectivity index (χ1) is 10.2. The number of piperazine rings is 1. The van der Waals surface area contributed by atoms with E-state index in [4.69, 9.17) is 0 Å². The number of hydrogen-bond donors (Lipinski definition) is 1. The molecule has 3 fully saturated rings. The lowest BCUT2D eigenvalue weighted by Crippen LogP contribution is -2.60. The van der Waals surface area contributed by atoms with Crippen molar-refractivity contribution in [3.05, 3.63) is 0 Å². The summed E-state index contributed by atoms with van der Waals surface area (Å²) in [5, 5.41) is 3.42. The van der Waals surface area contributed by atoms with E-state index in [1.165, 1.54) is 19.4 Å². The topological polar surface area (TPSA) is 35.6 Å². The van der Waals surface area contributed by atoms with E-state index in [1.807, 2.05) is 0 Å². The zero-order valence-electron chi connectivity index (χ0n) is 13.7. The maximum absolute atomic E-state index is 13.3. The normalized spacial score (nSPS) is 33.0. The Labute approximate surface area is 129 Å². The lowest BCUT2D eigenvalue weighted by molar-refractivity contribution is -0.150. The van der Waals surface area contributed by atoms with Crippen molar-refractivity contribution in [1.82, 2.24) is 15.1 Å². The number of fused-ring (bicyclic) bond motifs is 1. The number of rotatable bonds is 3. The van der Waals surface area contributed by atoms with E-state index in [1.54, 1.807) is 0 Å². The van der Waals surface area contributed by atoms with Crippen molar-refractivity contribution >= 4 is 5.91 Å². The van der Waals surface area contributed by atoms with Crippen LogP contribution in [-0.2, 0) is 4.79 Å². The molecule has 0 bridgehead atoms. The standard InChI is InChI=1S/C17H31N3O/c1-3-6-17(7-9-18-10-8-17)16(21)20-13-15-5-4-11-19(15)12-14(20)2/h14-15,18H,3-13H2,1-2H3. The minimum absolute atomic E-state index is 0.0744. The summed E-state index contributed by atoms with van der Waals surface area (Å²) < 4.78 is 0. The zero-order chi connectivity index (χ0) is 14.9. The molecular formula is C17H31N3O. The number of nitrogens with zero attached hydrogens (tertiary/aromatic N) is 2. The third-order valence-corrected chi connectivity index (χ3v) is 5.94. The summed E-state index contributed by atoms with van der Waals surface area (Å²) in [6.07, 6.45) is 6.81. The summed E-state index contributed by atoms with van der Waals surface area (Å²) in [6, 6.07) is 1.01. The zero-order valence-corrected chi connectivity index (χ0v) is 13.7. The fourth-order valence-electron chi connectivity index (χ4n) is 4.73. The van der Waals surface area contributed by atoms with Crippen LogP contribution in [0.5, 0.6) is 0 Å². The molecule has 1 N–H and O–H groups in total. The Kier molecular flexibility index (Phi) is 4.55. The molecule has 1 amide bonds. The molecule has 0 radical (unpaired) electrons. The molecule has 0 aromatic carbocycles. The largest absolute Gasteiger partial charge is 0.337 e. The monoisotopic (exact) mass is 293 g/mol. The van der Waals surface area contributed by atoms with E-state index >= 15 is 0 Å². The van der Waals surface area contributed by atoms with Gasteiger partial charge >= 0.3 is 0 Å². The second-order valence-corrected chi connectivity index (χ2v) is 7.38. The van der Waals surface area contributed by atoms with Crippen molar-refractivity contribution in [2.45, 2.75) is 64.5 Å². The summed E-state index contributed by atoms with van der Waals surface area (Å²) in [4.78, 5) is 18.2. The molecule has 0 spiro atoms. The van der Waals surface area contributed by atoms with Crippen LogP contribution in [0.25, 0.3) is 0 Å². The highest BCUT2D eigenvalue weighted by Gasteiger charge is 2.45. The van der Waals surface area contributed by atoms with Crippen LogP contribution in [0.4, 0.5) is 0 Å². The number of carbonyl (C=O) groups excluding carboxylic acids is 1. The van der Waals surface area contributed by atoms with Crippen molar-refractivity contribution in [2.24, 2.45) is 5.41 Å². The van der Waals surface area contributed by atoms with Crippen LogP contribution in [0.1, 0.15) is 52.4 Å². The highest BCUT2D eigenvalue weighted by atomic mass is 16.2. The van der Waals surface area contributed by atoms with Gasteiger partial charge in [0.05, 0.1) is 5.41 Å². The van der Waals surface area contributed by atoms with Gasteiger partial charge in [-0.05, 0) is 58.7 Å². The van der Waals surface area contributed by atoms with Crippen molar-refractivity contribution in [2.75, 3.05) is 32.7 Å². The van der Waals surface area contributed by atoms with Crippen LogP contribution in [0.3, 0.4) is 0 Å². The van der Waals surface area contributed by atoms with Gasteiger partial charge in [-0.1, -0.05) is 13.3 Å². The molecule has 0 aromatic rings. The summed E-state index contributed by atoms with van der Waals surface area (Å²) in [6.45, 7) is 9.76. The molecule has 3 heterocycles. The maximum atomic E-state index is 13.3. The first kappa shape index (κ1) is 15.3. The summed E-state index contributed by atoms with van der Waals surface area (Å²) >= 11 is 0.